The van der Waals surface area contributed by atoms with Crippen molar-refractivity contribution in [2.24, 2.45) is 0 Å². The van der Waals surface area contributed by atoms with Crippen molar-refractivity contribution in [3.63, 3.8) is 0 Å². The second kappa shape index (κ2) is 11.0. The Morgan fingerprint density at radius 2 is 1.72 bits per heavy atom. The van der Waals surface area contributed by atoms with E-state index in [1.165, 1.54) is 19.1 Å². The second-order valence-corrected chi connectivity index (χ2v) is 8.30. The molecule has 2 aromatic carbocycles. The van der Waals surface area contributed by atoms with E-state index in [0.29, 0.717) is 22.6 Å². The average Bonchev–Trinajstić information content (AvgIpc) is 3.13. The summed E-state index contributed by atoms with van der Waals surface area (Å²) in [5.74, 6) is -0.160. The Bertz CT molecular complexity index is 947. The molecule has 9 heteroatoms. The Morgan fingerprint density at radius 3 is 2.25 bits per heavy atom. The van der Waals surface area contributed by atoms with Gasteiger partial charge in [0.2, 0.25) is 0 Å². The molecule has 0 aromatic heterocycles. The SMILES string of the molecule is COc1ccc(C2O[C@@H](C(=O)O)[C@H](c3ccccc3)N2C(=O)NC(C)(C)C)c(OC)c1.[KH]. The van der Waals surface area contributed by atoms with Gasteiger partial charge < -0.3 is 24.6 Å². The molecule has 2 aromatic rings. The number of benzene rings is 2. The molecular weight excluding hydrogens is 439 g/mol. The molecule has 1 heterocycles. The quantitative estimate of drug-likeness (QED) is 0.655. The summed E-state index contributed by atoms with van der Waals surface area (Å²) in [6, 6.07) is 12.8. The monoisotopic (exact) mass is 468 g/mol. The number of nitrogens with one attached hydrogen (secondary N) is 1. The van der Waals surface area contributed by atoms with Crippen LogP contribution in [-0.2, 0) is 9.53 Å². The van der Waals surface area contributed by atoms with Gasteiger partial charge in [0.05, 0.1) is 20.3 Å². The van der Waals surface area contributed by atoms with Crippen LogP contribution in [0.25, 0.3) is 0 Å². The van der Waals surface area contributed by atoms with Gasteiger partial charge in [-0.3, -0.25) is 4.90 Å². The Hall–Kier alpha value is -1.62. The van der Waals surface area contributed by atoms with Gasteiger partial charge in [0, 0.05) is 17.2 Å². The van der Waals surface area contributed by atoms with Crippen molar-refractivity contribution in [1.29, 1.82) is 0 Å². The second-order valence-electron chi connectivity index (χ2n) is 8.30. The number of hydrogen-bond acceptors (Lipinski definition) is 5. The van der Waals surface area contributed by atoms with Crippen LogP contribution in [0.15, 0.2) is 48.5 Å². The van der Waals surface area contributed by atoms with Crippen molar-refractivity contribution in [3.05, 3.63) is 59.7 Å². The molecule has 1 aliphatic heterocycles. The molecule has 2 N–H and O–H groups in total. The average molecular weight is 469 g/mol. The Balaban J connectivity index is 0.00000363. The summed E-state index contributed by atoms with van der Waals surface area (Å²) in [7, 11) is 3.03. The van der Waals surface area contributed by atoms with Gasteiger partial charge in [-0.25, -0.2) is 9.59 Å². The number of carbonyl (C=O) groups excluding carboxylic acids is 1. The van der Waals surface area contributed by atoms with Gasteiger partial charge in [-0.1, -0.05) is 30.3 Å². The first-order valence-corrected chi connectivity index (χ1v) is 9.92. The van der Waals surface area contributed by atoms with E-state index < -0.39 is 35.9 Å². The first-order valence-electron chi connectivity index (χ1n) is 9.92. The summed E-state index contributed by atoms with van der Waals surface area (Å²) in [5.41, 5.74) is 0.653. The van der Waals surface area contributed by atoms with Crippen LogP contribution < -0.4 is 14.8 Å². The van der Waals surface area contributed by atoms with E-state index in [1.54, 1.807) is 42.5 Å². The zero-order valence-electron chi connectivity index (χ0n) is 18.3. The van der Waals surface area contributed by atoms with Crippen molar-refractivity contribution >= 4 is 63.4 Å². The summed E-state index contributed by atoms with van der Waals surface area (Å²) in [5, 5.41) is 12.8. The summed E-state index contributed by atoms with van der Waals surface area (Å²) >= 11 is 0. The van der Waals surface area contributed by atoms with Crippen molar-refractivity contribution in [1.82, 2.24) is 10.2 Å². The van der Waals surface area contributed by atoms with Gasteiger partial charge in [-0.2, -0.15) is 0 Å². The van der Waals surface area contributed by atoms with Gasteiger partial charge in [-0.15, -0.1) is 0 Å². The molecule has 0 spiro atoms. The van der Waals surface area contributed by atoms with E-state index in [2.05, 4.69) is 5.32 Å². The van der Waals surface area contributed by atoms with Gasteiger partial charge in [-0.05, 0) is 38.5 Å². The number of rotatable bonds is 5. The molecule has 8 nitrogen and oxygen atoms in total. The third-order valence-electron chi connectivity index (χ3n) is 4.92. The number of amides is 2. The van der Waals surface area contributed by atoms with Crippen LogP contribution in [0.5, 0.6) is 11.5 Å². The molecule has 1 saturated heterocycles. The van der Waals surface area contributed by atoms with Crippen molar-refractivity contribution in [2.45, 2.75) is 44.7 Å². The molecule has 1 unspecified atom stereocenters. The number of hydrogen-bond donors (Lipinski definition) is 2. The standard InChI is InChI=1S/C23H28N2O6.K.H/c1-23(2,3)24-22(28)25-18(14-9-7-6-8-10-14)19(21(26)27)31-20(25)16-12-11-15(29-4)13-17(16)30-5;;/h6-13,18-20H,1-5H3,(H,24,28)(H,26,27);;/t18-,19+,20?;;/m0../s1. The van der Waals surface area contributed by atoms with Gasteiger partial charge in [0.25, 0.3) is 0 Å². The van der Waals surface area contributed by atoms with Crippen molar-refractivity contribution in [3.8, 4) is 11.5 Å². The predicted octanol–water partition coefficient (Wildman–Crippen LogP) is 3.09. The minimum absolute atomic E-state index is 0. The van der Waals surface area contributed by atoms with Crippen LogP contribution in [0.3, 0.4) is 0 Å². The predicted molar refractivity (Wildman–Crippen MR) is 121 cm³/mol. The van der Waals surface area contributed by atoms with Crippen LogP contribution in [0, 0.1) is 0 Å². The first-order chi connectivity index (χ1) is 14.7. The zero-order valence-corrected chi connectivity index (χ0v) is 18.3. The molecule has 32 heavy (non-hydrogen) atoms. The third kappa shape index (κ3) is 5.83. The third-order valence-corrected chi connectivity index (χ3v) is 4.92. The summed E-state index contributed by atoms with van der Waals surface area (Å²) in [6.07, 6.45) is -2.24. The molecule has 0 saturated carbocycles. The van der Waals surface area contributed by atoms with Gasteiger partial charge in [0.1, 0.15) is 11.5 Å². The molecule has 1 fully saturated rings. The van der Waals surface area contributed by atoms with E-state index >= 15 is 0 Å². The topological polar surface area (TPSA) is 97.3 Å². The number of nitrogens with zero attached hydrogens (tertiary/aromatic N) is 1. The van der Waals surface area contributed by atoms with E-state index in [9.17, 15) is 14.7 Å². The van der Waals surface area contributed by atoms with E-state index in [4.69, 9.17) is 14.2 Å². The fourth-order valence-corrected chi connectivity index (χ4v) is 3.61. The maximum atomic E-state index is 13.4. The molecule has 3 atom stereocenters. The number of urea groups is 1. The van der Waals surface area contributed by atoms with E-state index in [0.717, 1.165) is 0 Å². The maximum absolute atomic E-state index is 13.4. The Labute approximate surface area is 230 Å². The van der Waals surface area contributed by atoms with Crippen LogP contribution >= 0.6 is 0 Å². The van der Waals surface area contributed by atoms with Crippen molar-refractivity contribution in [2.75, 3.05) is 14.2 Å². The van der Waals surface area contributed by atoms with Gasteiger partial charge in [0.15, 0.2) is 12.3 Å². The van der Waals surface area contributed by atoms with Crippen LogP contribution in [0.1, 0.15) is 44.2 Å². The van der Waals surface area contributed by atoms with Gasteiger partial charge >= 0.3 is 63.4 Å². The van der Waals surface area contributed by atoms with E-state index in [1.807, 2.05) is 26.8 Å². The van der Waals surface area contributed by atoms with Crippen molar-refractivity contribution < 1.29 is 28.9 Å². The number of ether oxygens (including phenoxy) is 3. The molecule has 3 rings (SSSR count). The fourth-order valence-electron chi connectivity index (χ4n) is 3.61. The number of carbonyl (C=O) groups is 2. The molecule has 1 aliphatic rings. The number of aliphatic carboxylic acids is 1. The molecule has 168 valence electrons. The summed E-state index contributed by atoms with van der Waals surface area (Å²) < 4.78 is 16.7. The minimum atomic E-state index is -1.26. The Morgan fingerprint density at radius 1 is 1.06 bits per heavy atom. The summed E-state index contributed by atoms with van der Waals surface area (Å²) in [4.78, 5) is 27.0. The molecular formula is C23H29KN2O6. The normalized spacial score (nSPS) is 20.3. The Kier molecular flexibility index (Phi) is 9.15. The van der Waals surface area contributed by atoms with Crippen LogP contribution in [0.4, 0.5) is 4.79 Å². The van der Waals surface area contributed by atoms with E-state index in [-0.39, 0.29) is 51.4 Å². The number of carboxylic acids is 1. The molecule has 0 aliphatic carbocycles. The molecule has 0 radical (unpaired) electrons. The number of carboxylic acid groups (broad SMARTS) is 1. The van der Waals surface area contributed by atoms with Crippen LogP contribution in [0.2, 0.25) is 0 Å². The zero-order chi connectivity index (χ0) is 22.8. The number of methoxy groups -OCH3 is 2. The summed E-state index contributed by atoms with van der Waals surface area (Å²) in [6.45, 7) is 5.57. The molecule has 2 amide bonds. The fraction of sp³-hybridized carbons (Fsp3) is 0.391. The van der Waals surface area contributed by atoms with Crippen LogP contribution in [-0.4, -0.2) is 99.3 Å². The first kappa shape index (κ1) is 26.6. The molecule has 0 bridgehead atoms.